The summed E-state index contributed by atoms with van der Waals surface area (Å²) in [5.41, 5.74) is 1.39. The lowest BCUT2D eigenvalue weighted by molar-refractivity contribution is 1.00. The van der Waals surface area contributed by atoms with Crippen molar-refractivity contribution in [1.29, 1.82) is 0 Å². The van der Waals surface area contributed by atoms with Crippen LogP contribution in [0.5, 0.6) is 0 Å². The summed E-state index contributed by atoms with van der Waals surface area (Å²) in [6.07, 6.45) is 8.05. The first-order chi connectivity index (χ1) is 8.45. The van der Waals surface area contributed by atoms with Crippen LogP contribution in [0.2, 0.25) is 0 Å². The van der Waals surface area contributed by atoms with Crippen molar-refractivity contribution < 1.29 is 0 Å². The van der Waals surface area contributed by atoms with Gasteiger partial charge in [-0.05, 0) is 35.9 Å². The minimum atomic E-state index is 1.09. The van der Waals surface area contributed by atoms with E-state index in [0.29, 0.717) is 0 Å². The van der Waals surface area contributed by atoms with Gasteiger partial charge < -0.3 is 0 Å². The molecule has 0 spiro atoms. The molecule has 0 unspecified atom stereocenters. The molecule has 0 N–H and O–H groups in total. The van der Waals surface area contributed by atoms with E-state index in [0.717, 1.165) is 12.8 Å². The van der Waals surface area contributed by atoms with E-state index in [4.69, 9.17) is 0 Å². The van der Waals surface area contributed by atoms with Crippen LogP contribution in [0.15, 0.2) is 71.2 Å². The Morgan fingerprint density at radius 1 is 1.00 bits per heavy atom. The Balaban J connectivity index is 1.72. The molecule has 0 amide bonds. The number of rotatable bonds is 5. The maximum Gasteiger partial charge on any atom is 0.0279 e. The summed E-state index contributed by atoms with van der Waals surface area (Å²) in [4.78, 5) is 5.22. The monoisotopic (exact) mass is 241 g/mol. The van der Waals surface area contributed by atoms with Crippen molar-refractivity contribution in [3.63, 3.8) is 0 Å². The SMILES string of the molecule is C(=C\Sc1ccncc1)/CCc1ccccc1. The first-order valence-electron chi connectivity index (χ1n) is 5.71. The first kappa shape index (κ1) is 11.9. The Bertz CT molecular complexity index is 451. The lowest BCUT2D eigenvalue weighted by Gasteiger charge is -1.96. The molecule has 0 bridgehead atoms. The molecule has 0 saturated heterocycles. The van der Waals surface area contributed by atoms with Crippen LogP contribution < -0.4 is 0 Å². The third-order valence-electron chi connectivity index (χ3n) is 2.39. The second-order valence-corrected chi connectivity index (χ2v) is 4.68. The van der Waals surface area contributed by atoms with E-state index in [2.05, 4.69) is 46.8 Å². The number of aromatic nitrogens is 1. The lowest BCUT2D eigenvalue weighted by atomic mass is 10.1. The molecule has 2 aromatic rings. The zero-order valence-corrected chi connectivity index (χ0v) is 10.4. The molecule has 1 aromatic heterocycles. The van der Waals surface area contributed by atoms with Crippen molar-refractivity contribution >= 4 is 11.8 Å². The van der Waals surface area contributed by atoms with Gasteiger partial charge in [-0.25, -0.2) is 0 Å². The van der Waals surface area contributed by atoms with Gasteiger partial charge in [0.25, 0.3) is 0 Å². The van der Waals surface area contributed by atoms with Gasteiger partial charge >= 0.3 is 0 Å². The molecule has 0 atom stereocenters. The van der Waals surface area contributed by atoms with Crippen molar-refractivity contribution in [2.24, 2.45) is 0 Å². The Hall–Kier alpha value is -1.54. The molecule has 0 saturated carbocycles. The summed E-state index contributed by atoms with van der Waals surface area (Å²) >= 11 is 1.74. The molecule has 0 aliphatic heterocycles. The summed E-state index contributed by atoms with van der Waals surface area (Å²) < 4.78 is 0. The maximum absolute atomic E-state index is 3.99. The largest absolute Gasteiger partial charge is 0.265 e. The van der Waals surface area contributed by atoms with Crippen molar-refractivity contribution in [2.45, 2.75) is 17.7 Å². The third kappa shape index (κ3) is 4.45. The fourth-order valence-electron chi connectivity index (χ4n) is 1.51. The predicted molar refractivity (Wildman–Crippen MR) is 74.0 cm³/mol. The van der Waals surface area contributed by atoms with E-state index in [1.807, 2.05) is 24.5 Å². The van der Waals surface area contributed by atoms with Crippen LogP contribution in [0, 0.1) is 0 Å². The average Bonchev–Trinajstić information content (AvgIpc) is 2.41. The van der Waals surface area contributed by atoms with E-state index in [1.54, 1.807) is 11.8 Å². The molecule has 1 heterocycles. The van der Waals surface area contributed by atoms with Crippen LogP contribution in [0.3, 0.4) is 0 Å². The number of allylic oxidation sites excluding steroid dienone is 1. The molecule has 86 valence electrons. The number of hydrogen-bond donors (Lipinski definition) is 0. The Kier molecular flexibility index (Phi) is 4.86. The van der Waals surface area contributed by atoms with Crippen molar-refractivity contribution in [3.05, 3.63) is 71.9 Å². The van der Waals surface area contributed by atoms with E-state index in [1.165, 1.54) is 10.5 Å². The van der Waals surface area contributed by atoms with Gasteiger partial charge in [0.05, 0.1) is 0 Å². The third-order valence-corrected chi connectivity index (χ3v) is 3.27. The number of aryl methyl sites for hydroxylation is 1. The van der Waals surface area contributed by atoms with E-state index < -0.39 is 0 Å². The highest BCUT2D eigenvalue weighted by molar-refractivity contribution is 8.02. The highest BCUT2D eigenvalue weighted by Gasteiger charge is 1.89. The second kappa shape index (κ2) is 6.92. The molecule has 0 fully saturated rings. The highest BCUT2D eigenvalue weighted by atomic mass is 32.2. The molecule has 0 radical (unpaired) electrons. The Morgan fingerprint density at radius 3 is 2.53 bits per heavy atom. The predicted octanol–water partition coefficient (Wildman–Crippen LogP) is 4.32. The van der Waals surface area contributed by atoms with Gasteiger partial charge in [-0.2, -0.15) is 0 Å². The summed E-state index contributed by atoms with van der Waals surface area (Å²) in [7, 11) is 0. The lowest BCUT2D eigenvalue weighted by Crippen LogP contribution is -1.80. The number of pyridine rings is 1. The zero-order chi connectivity index (χ0) is 11.8. The van der Waals surface area contributed by atoms with Crippen LogP contribution in [-0.2, 0) is 6.42 Å². The Labute approximate surface area is 107 Å². The number of hydrogen-bond acceptors (Lipinski definition) is 2. The number of benzene rings is 1. The van der Waals surface area contributed by atoms with Crippen LogP contribution in [-0.4, -0.2) is 4.98 Å². The van der Waals surface area contributed by atoms with E-state index in [-0.39, 0.29) is 0 Å². The van der Waals surface area contributed by atoms with Crippen molar-refractivity contribution in [1.82, 2.24) is 4.98 Å². The summed E-state index contributed by atoms with van der Waals surface area (Å²) in [6.45, 7) is 0. The van der Waals surface area contributed by atoms with Gasteiger partial charge in [-0.3, -0.25) is 4.98 Å². The summed E-state index contributed by atoms with van der Waals surface area (Å²) in [5.74, 6) is 0. The molecule has 1 aromatic carbocycles. The average molecular weight is 241 g/mol. The fraction of sp³-hybridized carbons (Fsp3) is 0.133. The topological polar surface area (TPSA) is 12.9 Å². The summed E-state index contributed by atoms with van der Waals surface area (Å²) in [6, 6.07) is 14.6. The second-order valence-electron chi connectivity index (χ2n) is 3.70. The first-order valence-corrected chi connectivity index (χ1v) is 6.59. The standard InChI is InChI=1S/C15H15NS/c1-2-6-14(7-3-1)8-4-5-13-17-15-9-11-16-12-10-15/h1-3,5-7,9-13H,4,8H2/b13-5+. The van der Waals surface area contributed by atoms with Gasteiger partial charge in [-0.15, -0.1) is 0 Å². The van der Waals surface area contributed by atoms with Gasteiger partial charge in [0.2, 0.25) is 0 Å². The zero-order valence-electron chi connectivity index (χ0n) is 9.62. The normalized spacial score (nSPS) is 10.8. The smallest absolute Gasteiger partial charge is 0.0279 e. The van der Waals surface area contributed by atoms with Crippen molar-refractivity contribution in [2.75, 3.05) is 0 Å². The van der Waals surface area contributed by atoms with E-state index in [9.17, 15) is 0 Å². The van der Waals surface area contributed by atoms with Gasteiger partial charge in [-0.1, -0.05) is 48.2 Å². The van der Waals surface area contributed by atoms with Crippen LogP contribution in [0.25, 0.3) is 0 Å². The van der Waals surface area contributed by atoms with Crippen LogP contribution >= 0.6 is 11.8 Å². The minimum Gasteiger partial charge on any atom is -0.265 e. The molecule has 0 aliphatic rings. The quantitative estimate of drug-likeness (QED) is 0.723. The van der Waals surface area contributed by atoms with Crippen LogP contribution in [0.4, 0.5) is 0 Å². The fourth-order valence-corrected chi connectivity index (χ4v) is 2.17. The Morgan fingerprint density at radius 2 is 1.76 bits per heavy atom. The molecule has 2 rings (SSSR count). The molecule has 1 nitrogen and oxygen atoms in total. The number of nitrogens with zero attached hydrogens (tertiary/aromatic N) is 1. The molecule has 0 aliphatic carbocycles. The minimum absolute atomic E-state index is 1.09. The molecule has 17 heavy (non-hydrogen) atoms. The number of thioether (sulfide) groups is 1. The molecular formula is C15H15NS. The summed E-state index contributed by atoms with van der Waals surface area (Å²) in [5, 5.41) is 2.15. The van der Waals surface area contributed by atoms with Gasteiger partial charge in [0.15, 0.2) is 0 Å². The van der Waals surface area contributed by atoms with Crippen molar-refractivity contribution in [3.8, 4) is 0 Å². The van der Waals surface area contributed by atoms with Gasteiger partial charge in [0, 0.05) is 17.3 Å². The highest BCUT2D eigenvalue weighted by Crippen LogP contribution is 2.17. The van der Waals surface area contributed by atoms with Crippen LogP contribution in [0.1, 0.15) is 12.0 Å². The maximum atomic E-state index is 3.99. The molecular weight excluding hydrogens is 226 g/mol. The molecule has 2 heteroatoms. The van der Waals surface area contributed by atoms with Gasteiger partial charge in [0.1, 0.15) is 0 Å². The van der Waals surface area contributed by atoms with E-state index >= 15 is 0 Å².